The van der Waals surface area contributed by atoms with Crippen LogP contribution in [-0.4, -0.2) is 30.4 Å². The lowest BCUT2D eigenvalue weighted by Crippen LogP contribution is -2.29. The van der Waals surface area contributed by atoms with Gasteiger partial charge in [-0.25, -0.2) is 0 Å². The number of thioether (sulfide) groups is 1. The van der Waals surface area contributed by atoms with Crippen molar-refractivity contribution < 1.29 is 19.1 Å². The molecule has 0 spiro atoms. The number of carbonyl (C=O) groups excluding carboxylic acids is 2. The Labute approximate surface area is 127 Å². The molecule has 1 N–H and O–H groups in total. The number of hydrogen-bond donors (Lipinski definition) is 1. The van der Waals surface area contributed by atoms with Gasteiger partial charge in [-0.3, -0.25) is 9.59 Å². The molecule has 1 aliphatic rings. The minimum absolute atomic E-state index is 0.0392. The first-order valence-corrected chi connectivity index (χ1v) is 7.95. The van der Waals surface area contributed by atoms with E-state index in [9.17, 15) is 9.59 Å². The van der Waals surface area contributed by atoms with Gasteiger partial charge in [0.25, 0.3) is 6.47 Å². The number of nitrogens with one attached hydrogen (secondary N) is 1. The minimum atomic E-state index is -0.106. The second-order valence-electron chi connectivity index (χ2n) is 4.54. The van der Waals surface area contributed by atoms with Crippen LogP contribution in [0, 0.1) is 0 Å². The van der Waals surface area contributed by atoms with Crippen LogP contribution in [0.1, 0.15) is 12.0 Å². The van der Waals surface area contributed by atoms with Gasteiger partial charge in [-0.1, -0.05) is 12.1 Å². The van der Waals surface area contributed by atoms with E-state index < -0.39 is 0 Å². The Bertz CT molecular complexity index is 527. The van der Waals surface area contributed by atoms with Crippen LogP contribution in [0.3, 0.4) is 0 Å². The predicted octanol–water partition coefficient (Wildman–Crippen LogP) is 1.87. The standard InChI is InChI=1S/C15H17NO4S/c1-21-7-6-13-14(8-15(18)16-13)19-9-11-2-4-12(5-3-11)20-10-17/h2-5,8,10,13H,6-7,9H2,1H3,(H,16,18). The number of benzene rings is 1. The van der Waals surface area contributed by atoms with Gasteiger partial charge in [0.05, 0.1) is 6.04 Å². The zero-order valence-corrected chi connectivity index (χ0v) is 12.5. The van der Waals surface area contributed by atoms with Crippen LogP contribution in [0.2, 0.25) is 0 Å². The molecule has 1 aromatic carbocycles. The molecule has 0 aliphatic carbocycles. The maximum absolute atomic E-state index is 11.4. The van der Waals surface area contributed by atoms with Crippen LogP contribution in [0.4, 0.5) is 0 Å². The number of ether oxygens (including phenoxy) is 2. The summed E-state index contributed by atoms with van der Waals surface area (Å²) < 4.78 is 10.5. The van der Waals surface area contributed by atoms with Gasteiger partial charge in [-0.15, -0.1) is 0 Å². The summed E-state index contributed by atoms with van der Waals surface area (Å²) in [6.07, 6.45) is 4.39. The monoisotopic (exact) mass is 307 g/mol. The van der Waals surface area contributed by atoms with E-state index in [0.29, 0.717) is 24.6 Å². The highest BCUT2D eigenvalue weighted by Crippen LogP contribution is 2.19. The molecule has 1 atom stereocenters. The van der Waals surface area contributed by atoms with Crippen LogP contribution in [0.15, 0.2) is 36.1 Å². The second-order valence-corrected chi connectivity index (χ2v) is 5.52. The van der Waals surface area contributed by atoms with Crippen LogP contribution in [0.5, 0.6) is 5.75 Å². The summed E-state index contributed by atoms with van der Waals surface area (Å²) in [5, 5.41) is 2.87. The summed E-state index contributed by atoms with van der Waals surface area (Å²) >= 11 is 1.74. The summed E-state index contributed by atoms with van der Waals surface area (Å²) in [6.45, 7) is 0.764. The molecule has 1 unspecified atom stereocenters. The molecule has 6 heteroatoms. The van der Waals surface area contributed by atoms with Gasteiger partial charge < -0.3 is 14.8 Å². The Balaban J connectivity index is 1.90. The van der Waals surface area contributed by atoms with Gasteiger partial charge in [-0.05, 0) is 36.1 Å². The minimum Gasteiger partial charge on any atom is -0.491 e. The number of rotatable bonds is 8. The van der Waals surface area contributed by atoms with Crippen molar-refractivity contribution in [2.24, 2.45) is 0 Å². The highest BCUT2D eigenvalue weighted by Gasteiger charge is 2.24. The van der Waals surface area contributed by atoms with Crippen molar-refractivity contribution in [3.63, 3.8) is 0 Å². The predicted molar refractivity (Wildman–Crippen MR) is 80.9 cm³/mol. The van der Waals surface area contributed by atoms with Crippen molar-refractivity contribution in [3.05, 3.63) is 41.7 Å². The van der Waals surface area contributed by atoms with Crippen molar-refractivity contribution in [2.75, 3.05) is 12.0 Å². The Morgan fingerprint density at radius 1 is 1.33 bits per heavy atom. The number of hydrogen-bond acceptors (Lipinski definition) is 5. The molecular formula is C15H17NO4S. The largest absolute Gasteiger partial charge is 0.491 e. The summed E-state index contributed by atoms with van der Waals surface area (Å²) in [4.78, 5) is 21.6. The molecule has 1 aromatic rings. The highest BCUT2D eigenvalue weighted by molar-refractivity contribution is 7.98. The lowest BCUT2D eigenvalue weighted by molar-refractivity contribution is -0.120. The summed E-state index contributed by atoms with van der Waals surface area (Å²) in [7, 11) is 0. The van der Waals surface area contributed by atoms with E-state index in [2.05, 4.69) is 5.32 Å². The van der Waals surface area contributed by atoms with E-state index in [1.165, 1.54) is 6.08 Å². The molecule has 0 radical (unpaired) electrons. The third kappa shape index (κ3) is 4.53. The molecule has 1 heterocycles. The maximum atomic E-state index is 11.4. The lowest BCUT2D eigenvalue weighted by Gasteiger charge is -2.15. The molecule has 5 nitrogen and oxygen atoms in total. The van der Waals surface area contributed by atoms with Crippen molar-refractivity contribution in [2.45, 2.75) is 19.1 Å². The molecule has 1 aliphatic heterocycles. The van der Waals surface area contributed by atoms with Crippen molar-refractivity contribution in [3.8, 4) is 5.75 Å². The molecule has 0 saturated carbocycles. The third-order valence-electron chi connectivity index (χ3n) is 3.06. The first-order chi connectivity index (χ1) is 10.2. The fourth-order valence-electron chi connectivity index (χ4n) is 1.99. The van der Waals surface area contributed by atoms with E-state index in [1.807, 2.05) is 18.4 Å². The smallest absolute Gasteiger partial charge is 0.298 e. The molecule has 0 aromatic heterocycles. The zero-order chi connectivity index (χ0) is 15.1. The van der Waals surface area contributed by atoms with Gasteiger partial charge in [0.15, 0.2) is 0 Å². The molecule has 112 valence electrons. The molecule has 0 fully saturated rings. The quantitative estimate of drug-likeness (QED) is 0.743. The van der Waals surface area contributed by atoms with Gasteiger partial charge in [0.1, 0.15) is 18.1 Å². The maximum Gasteiger partial charge on any atom is 0.298 e. The van der Waals surface area contributed by atoms with Gasteiger partial charge in [0, 0.05) is 6.08 Å². The topological polar surface area (TPSA) is 64.6 Å². The molecular weight excluding hydrogens is 290 g/mol. The molecule has 1 amide bonds. The number of carbonyl (C=O) groups is 2. The van der Waals surface area contributed by atoms with Crippen molar-refractivity contribution in [1.29, 1.82) is 0 Å². The average molecular weight is 307 g/mol. The molecule has 2 rings (SSSR count). The lowest BCUT2D eigenvalue weighted by atomic mass is 10.2. The SMILES string of the molecule is CSCCC1NC(=O)C=C1OCc1ccc(OC=O)cc1. The van der Waals surface area contributed by atoms with Gasteiger partial charge in [0.2, 0.25) is 5.91 Å². The second kappa shape index (κ2) is 7.73. The van der Waals surface area contributed by atoms with Gasteiger partial charge >= 0.3 is 0 Å². The van der Waals surface area contributed by atoms with Crippen LogP contribution in [-0.2, 0) is 20.9 Å². The van der Waals surface area contributed by atoms with Crippen LogP contribution < -0.4 is 10.1 Å². The Morgan fingerprint density at radius 3 is 2.76 bits per heavy atom. The van der Waals surface area contributed by atoms with E-state index in [1.54, 1.807) is 23.9 Å². The molecule has 0 bridgehead atoms. The van der Waals surface area contributed by atoms with E-state index in [0.717, 1.165) is 17.7 Å². The first kappa shape index (κ1) is 15.4. The van der Waals surface area contributed by atoms with E-state index in [-0.39, 0.29) is 11.9 Å². The van der Waals surface area contributed by atoms with Crippen LogP contribution in [0.25, 0.3) is 0 Å². The Kier molecular flexibility index (Phi) is 5.68. The zero-order valence-electron chi connectivity index (χ0n) is 11.7. The normalized spacial score (nSPS) is 17.1. The fourth-order valence-corrected chi connectivity index (χ4v) is 2.46. The van der Waals surface area contributed by atoms with Crippen molar-refractivity contribution in [1.82, 2.24) is 5.32 Å². The highest BCUT2D eigenvalue weighted by atomic mass is 32.2. The van der Waals surface area contributed by atoms with Gasteiger partial charge in [-0.2, -0.15) is 11.8 Å². The first-order valence-electron chi connectivity index (χ1n) is 6.56. The van der Waals surface area contributed by atoms with Crippen molar-refractivity contribution >= 4 is 24.1 Å². The average Bonchev–Trinajstić information content (AvgIpc) is 2.85. The molecule has 0 saturated heterocycles. The fraction of sp³-hybridized carbons (Fsp3) is 0.333. The summed E-state index contributed by atoms with van der Waals surface area (Å²) in [5.74, 6) is 2.03. The Hall–Kier alpha value is -1.95. The summed E-state index contributed by atoms with van der Waals surface area (Å²) in [5.41, 5.74) is 0.942. The van der Waals surface area contributed by atoms with E-state index in [4.69, 9.17) is 9.47 Å². The molecule has 21 heavy (non-hydrogen) atoms. The third-order valence-corrected chi connectivity index (χ3v) is 3.70. The van der Waals surface area contributed by atoms with Crippen LogP contribution >= 0.6 is 11.8 Å². The summed E-state index contributed by atoms with van der Waals surface area (Å²) in [6, 6.07) is 7.00. The van der Waals surface area contributed by atoms with E-state index >= 15 is 0 Å². The number of amides is 1. The Morgan fingerprint density at radius 2 is 2.10 bits per heavy atom.